The molecule has 37 heavy (non-hydrogen) atoms. The van der Waals surface area contributed by atoms with Gasteiger partial charge in [0.25, 0.3) is 5.56 Å². The fourth-order valence-electron chi connectivity index (χ4n) is 5.06. The SMILES string of the molecule is COC(=O)c1cc(=O)n(CCN2CCC(NCc3ccc4c(c3)OCCO4)CC2)c2cc(OC)ccc12. The molecule has 0 bridgehead atoms. The summed E-state index contributed by atoms with van der Waals surface area (Å²) in [4.78, 5) is 27.6. The second kappa shape index (κ2) is 11.2. The molecule has 196 valence electrons. The molecule has 3 heterocycles. The van der Waals surface area contributed by atoms with Crippen LogP contribution in [-0.2, 0) is 17.8 Å². The number of hydrogen-bond donors (Lipinski definition) is 1. The molecule has 1 fully saturated rings. The number of carbonyl (C=O) groups excluding carboxylic acids is 1. The molecule has 0 saturated carbocycles. The molecule has 0 unspecified atom stereocenters. The summed E-state index contributed by atoms with van der Waals surface area (Å²) in [5.41, 5.74) is 1.90. The number of piperidine rings is 1. The fourth-order valence-corrected chi connectivity index (χ4v) is 5.06. The highest BCUT2D eigenvalue weighted by molar-refractivity contribution is 6.03. The fraction of sp³-hybridized carbons (Fsp3) is 0.429. The monoisotopic (exact) mass is 507 g/mol. The molecule has 2 aliphatic heterocycles. The van der Waals surface area contributed by atoms with Gasteiger partial charge in [0.15, 0.2) is 11.5 Å². The molecule has 1 saturated heterocycles. The Kier molecular flexibility index (Phi) is 7.62. The lowest BCUT2D eigenvalue weighted by Crippen LogP contribution is -2.43. The zero-order valence-electron chi connectivity index (χ0n) is 21.3. The van der Waals surface area contributed by atoms with Crippen LogP contribution < -0.4 is 25.1 Å². The molecule has 0 atom stereocenters. The smallest absolute Gasteiger partial charge is 0.338 e. The van der Waals surface area contributed by atoms with E-state index in [0.29, 0.717) is 42.5 Å². The number of methoxy groups -OCH3 is 2. The largest absolute Gasteiger partial charge is 0.497 e. The lowest BCUT2D eigenvalue weighted by molar-refractivity contribution is 0.0602. The summed E-state index contributed by atoms with van der Waals surface area (Å²) in [5, 5.41) is 4.35. The highest BCUT2D eigenvalue weighted by Gasteiger charge is 2.21. The molecule has 0 amide bonds. The number of rotatable bonds is 8. The van der Waals surface area contributed by atoms with Crippen molar-refractivity contribution < 1.29 is 23.7 Å². The lowest BCUT2D eigenvalue weighted by atomic mass is 10.0. The van der Waals surface area contributed by atoms with Crippen LogP contribution in [0.3, 0.4) is 0 Å². The van der Waals surface area contributed by atoms with E-state index in [-0.39, 0.29) is 11.1 Å². The maximum atomic E-state index is 13.0. The maximum Gasteiger partial charge on any atom is 0.338 e. The van der Waals surface area contributed by atoms with E-state index >= 15 is 0 Å². The molecule has 1 N–H and O–H groups in total. The third-order valence-electron chi connectivity index (χ3n) is 7.15. The Morgan fingerprint density at radius 3 is 2.54 bits per heavy atom. The van der Waals surface area contributed by atoms with Gasteiger partial charge < -0.3 is 33.7 Å². The average molecular weight is 508 g/mol. The second-order valence-corrected chi connectivity index (χ2v) is 9.40. The summed E-state index contributed by atoms with van der Waals surface area (Å²) in [5.74, 6) is 1.74. The first-order chi connectivity index (χ1) is 18.1. The predicted molar refractivity (Wildman–Crippen MR) is 140 cm³/mol. The molecule has 9 heteroatoms. The first kappa shape index (κ1) is 25.1. The second-order valence-electron chi connectivity index (χ2n) is 9.40. The van der Waals surface area contributed by atoms with Gasteiger partial charge >= 0.3 is 5.97 Å². The lowest BCUT2D eigenvalue weighted by Gasteiger charge is -2.32. The number of nitrogens with zero attached hydrogens (tertiary/aromatic N) is 2. The molecule has 5 rings (SSSR count). The molecule has 0 radical (unpaired) electrons. The van der Waals surface area contributed by atoms with Crippen LogP contribution in [0.1, 0.15) is 28.8 Å². The third kappa shape index (κ3) is 5.57. The molecular weight excluding hydrogens is 474 g/mol. The minimum absolute atomic E-state index is 0.225. The highest BCUT2D eigenvalue weighted by atomic mass is 16.6. The van der Waals surface area contributed by atoms with Gasteiger partial charge in [0.2, 0.25) is 0 Å². The normalized spacial score (nSPS) is 16.1. The van der Waals surface area contributed by atoms with Crippen molar-refractivity contribution in [2.75, 3.05) is 47.1 Å². The van der Waals surface area contributed by atoms with Crippen molar-refractivity contribution in [2.45, 2.75) is 32.0 Å². The van der Waals surface area contributed by atoms with E-state index in [0.717, 1.165) is 50.5 Å². The minimum Gasteiger partial charge on any atom is -0.497 e. The van der Waals surface area contributed by atoms with Crippen LogP contribution in [0.25, 0.3) is 10.9 Å². The summed E-state index contributed by atoms with van der Waals surface area (Å²) in [7, 11) is 2.90. The Morgan fingerprint density at radius 2 is 1.78 bits per heavy atom. The molecule has 1 aromatic heterocycles. The van der Waals surface area contributed by atoms with E-state index in [2.05, 4.69) is 22.3 Å². The number of ether oxygens (including phenoxy) is 4. The van der Waals surface area contributed by atoms with Crippen LogP contribution in [0.2, 0.25) is 0 Å². The van der Waals surface area contributed by atoms with Crippen molar-refractivity contribution in [2.24, 2.45) is 0 Å². The predicted octanol–water partition coefficient (Wildman–Crippen LogP) is 2.82. The van der Waals surface area contributed by atoms with Crippen molar-refractivity contribution in [3.8, 4) is 17.2 Å². The maximum absolute atomic E-state index is 13.0. The highest BCUT2D eigenvalue weighted by Crippen LogP contribution is 2.31. The Bertz CT molecular complexity index is 1330. The summed E-state index contributed by atoms with van der Waals surface area (Å²) in [6, 6.07) is 13.3. The van der Waals surface area contributed by atoms with Gasteiger partial charge in [-0.05, 0) is 55.8 Å². The third-order valence-corrected chi connectivity index (χ3v) is 7.15. The van der Waals surface area contributed by atoms with Crippen molar-refractivity contribution >= 4 is 16.9 Å². The summed E-state index contributed by atoms with van der Waals surface area (Å²) in [6.07, 6.45) is 2.07. The quantitative estimate of drug-likeness (QED) is 0.466. The van der Waals surface area contributed by atoms with Crippen molar-refractivity contribution in [3.05, 3.63) is 63.9 Å². The Hall–Kier alpha value is -3.56. The van der Waals surface area contributed by atoms with Crippen LogP contribution in [0.4, 0.5) is 0 Å². The zero-order valence-corrected chi connectivity index (χ0v) is 21.3. The number of pyridine rings is 1. The number of likely N-dealkylation sites (tertiary alicyclic amines) is 1. The number of fused-ring (bicyclic) bond motifs is 2. The van der Waals surface area contributed by atoms with Gasteiger partial charge in [-0.15, -0.1) is 0 Å². The standard InChI is InChI=1S/C28H33N3O6/c1-34-21-4-5-22-23(28(33)35-2)17-27(32)31(24(22)16-21)12-11-30-9-7-20(8-10-30)29-18-19-3-6-25-26(15-19)37-14-13-36-25/h3-6,15-17,20,29H,7-14,18H2,1-2H3. The number of esters is 1. The number of benzene rings is 2. The van der Waals surface area contributed by atoms with Gasteiger partial charge in [0.1, 0.15) is 19.0 Å². The van der Waals surface area contributed by atoms with Crippen LogP contribution >= 0.6 is 0 Å². The Morgan fingerprint density at radius 1 is 1.00 bits per heavy atom. The van der Waals surface area contributed by atoms with E-state index in [9.17, 15) is 9.59 Å². The Labute approximate surface area is 215 Å². The van der Waals surface area contributed by atoms with Gasteiger partial charge in [-0.25, -0.2) is 4.79 Å². The number of nitrogens with one attached hydrogen (secondary N) is 1. The molecular formula is C28H33N3O6. The van der Waals surface area contributed by atoms with Crippen LogP contribution in [-0.4, -0.2) is 68.5 Å². The summed E-state index contributed by atoms with van der Waals surface area (Å²) >= 11 is 0. The first-order valence-corrected chi connectivity index (χ1v) is 12.7. The van der Waals surface area contributed by atoms with Gasteiger partial charge in [0, 0.05) is 43.2 Å². The van der Waals surface area contributed by atoms with E-state index in [1.54, 1.807) is 29.9 Å². The number of carbonyl (C=O) groups is 1. The van der Waals surface area contributed by atoms with E-state index < -0.39 is 5.97 Å². The topological polar surface area (TPSA) is 91.3 Å². The van der Waals surface area contributed by atoms with Gasteiger partial charge in [-0.1, -0.05) is 6.07 Å². The van der Waals surface area contributed by atoms with Crippen molar-refractivity contribution in [3.63, 3.8) is 0 Å². The number of aromatic nitrogens is 1. The van der Waals surface area contributed by atoms with Gasteiger partial charge in [0.05, 0.1) is 25.3 Å². The molecule has 3 aromatic rings. The van der Waals surface area contributed by atoms with Crippen LogP contribution in [0, 0.1) is 0 Å². The van der Waals surface area contributed by atoms with E-state index in [4.69, 9.17) is 18.9 Å². The van der Waals surface area contributed by atoms with E-state index in [1.165, 1.54) is 18.7 Å². The van der Waals surface area contributed by atoms with Crippen molar-refractivity contribution in [1.82, 2.24) is 14.8 Å². The summed E-state index contributed by atoms with van der Waals surface area (Å²) < 4.78 is 23.3. The molecule has 2 aliphatic rings. The van der Waals surface area contributed by atoms with Crippen LogP contribution in [0.5, 0.6) is 17.2 Å². The van der Waals surface area contributed by atoms with Gasteiger partial charge in [-0.3, -0.25) is 4.79 Å². The van der Waals surface area contributed by atoms with Crippen molar-refractivity contribution in [1.29, 1.82) is 0 Å². The average Bonchev–Trinajstić information content (AvgIpc) is 2.95. The molecule has 2 aromatic carbocycles. The molecule has 9 nitrogen and oxygen atoms in total. The molecule has 0 aliphatic carbocycles. The first-order valence-electron chi connectivity index (χ1n) is 12.7. The zero-order chi connectivity index (χ0) is 25.8. The van der Waals surface area contributed by atoms with E-state index in [1.807, 2.05) is 6.07 Å². The molecule has 0 spiro atoms. The minimum atomic E-state index is -0.523. The van der Waals surface area contributed by atoms with Crippen LogP contribution in [0.15, 0.2) is 47.3 Å². The Balaban J connectivity index is 1.19. The summed E-state index contributed by atoms with van der Waals surface area (Å²) in [6.45, 7) is 5.16. The van der Waals surface area contributed by atoms with Gasteiger partial charge in [-0.2, -0.15) is 0 Å². The number of hydrogen-bond acceptors (Lipinski definition) is 8.